The fourth-order valence-electron chi connectivity index (χ4n) is 2.24. The Hall–Kier alpha value is -1.63. The monoisotopic (exact) mass is 266 g/mol. The molecule has 3 rings (SSSR count). The normalized spacial score (nSPS) is 15.8. The summed E-state index contributed by atoms with van der Waals surface area (Å²) in [7, 11) is 0. The van der Waals surface area contributed by atoms with E-state index in [1.165, 1.54) is 35.0 Å². The van der Waals surface area contributed by atoms with Gasteiger partial charge in [0.25, 0.3) is 4.96 Å². The zero-order chi connectivity index (χ0) is 12.5. The van der Waals surface area contributed by atoms with E-state index in [9.17, 15) is 10.1 Å². The molecule has 0 unspecified atom stereocenters. The third kappa shape index (κ3) is 1.94. The molecule has 1 fully saturated rings. The molecule has 1 N–H and O–H groups in total. The Kier molecular flexibility index (Phi) is 2.91. The number of imidazole rings is 1. The van der Waals surface area contributed by atoms with Gasteiger partial charge in [-0.15, -0.1) is 0 Å². The highest BCUT2D eigenvalue weighted by molar-refractivity contribution is 7.15. The Bertz CT molecular complexity index is 573. The Balaban J connectivity index is 1.75. The van der Waals surface area contributed by atoms with Gasteiger partial charge in [-0.25, -0.2) is 0 Å². The van der Waals surface area contributed by atoms with Crippen LogP contribution in [-0.4, -0.2) is 20.9 Å². The maximum absolute atomic E-state index is 11.1. The summed E-state index contributed by atoms with van der Waals surface area (Å²) in [5, 5.41) is 16.0. The van der Waals surface area contributed by atoms with E-state index in [0.29, 0.717) is 10.8 Å². The number of aromatic nitrogens is 2. The quantitative estimate of drug-likeness (QED) is 0.667. The Labute approximate surface area is 108 Å². The lowest BCUT2D eigenvalue weighted by Crippen LogP contribution is -2.16. The van der Waals surface area contributed by atoms with E-state index in [1.807, 2.05) is 0 Å². The van der Waals surface area contributed by atoms with Crippen LogP contribution in [0.4, 0.5) is 11.6 Å². The summed E-state index contributed by atoms with van der Waals surface area (Å²) in [5.74, 6) is 1.23. The summed E-state index contributed by atoms with van der Waals surface area (Å²) in [4.78, 5) is 15.6. The summed E-state index contributed by atoms with van der Waals surface area (Å²) >= 11 is 1.40. The molecule has 0 aliphatic heterocycles. The molecule has 0 saturated heterocycles. The van der Waals surface area contributed by atoms with Crippen molar-refractivity contribution in [1.29, 1.82) is 0 Å². The second kappa shape index (κ2) is 4.56. The van der Waals surface area contributed by atoms with Crippen LogP contribution in [0.25, 0.3) is 4.96 Å². The minimum Gasteiger partial charge on any atom is -0.363 e. The first-order valence-electron chi connectivity index (χ1n) is 6.09. The number of anilines is 1. The van der Waals surface area contributed by atoms with E-state index >= 15 is 0 Å². The molecule has 0 atom stereocenters. The van der Waals surface area contributed by atoms with E-state index < -0.39 is 0 Å². The summed E-state index contributed by atoms with van der Waals surface area (Å²) in [6.45, 7) is 0.760. The zero-order valence-electron chi connectivity index (χ0n) is 9.83. The molecule has 0 spiro atoms. The lowest BCUT2D eigenvalue weighted by atomic mass is 9.83. The molecule has 0 amide bonds. The lowest BCUT2D eigenvalue weighted by molar-refractivity contribution is -0.389. The molecule has 0 aromatic carbocycles. The van der Waals surface area contributed by atoms with Crippen LogP contribution < -0.4 is 5.32 Å². The van der Waals surface area contributed by atoms with E-state index in [4.69, 9.17) is 0 Å². The average Bonchev–Trinajstić information content (AvgIpc) is 2.80. The van der Waals surface area contributed by atoms with E-state index in [1.54, 1.807) is 11.6 Å². The van der Waals surface area contributed by atoms with Crippen LogP contribution in [0.1, 0.15) is 25.7 Å². The summed E-state index contributed by atoms with van der Waals surface area (Å²) in [5.41, 5.74) is 0. The van der Waals surface area contributed by atoms with Gasteiger partial charge in [0.05, 0.1) is 0 Å². The van der Waals surface area contributed by atoms with Gasteiger partial charge in [-0.1, -0.05) is 30.6 Å². The van der Waals surface area contributed by atoms with Crippen molar-refractivity contribution in [3.05, 3.63) is 21.7 Å². The largest absolute Gasteiger partial charge is 0.372 e. The molecule has 96 valence electrons. The minimum absolute atomic E-state index is 0.0415. The van der Waals surface area contributed by atoms with Crippen molar-refractivity contribution < 1.29 is 4.92 Å². The fraction of sp³-hybridized carbons (Fsp3) is 0.545. The molecule has 2 aromatic heterocycles. The molecule has 1 aliphatic rings. The van der Waals surface area contributed by atoms with Gasteiger partial charge in [0, 0.05) is 11.9 Å². The van der Waals surface area contributed by atoms with Crippen LogP contribution >= 0.6 is 11.3 Å². The van der Waals surface area contributed by atoms with Gasteiger partial charge in [-0.05, 0) is 17.3 Å². The van der Waals surface area contributed by atoms with Gasteiger partial charge in [-0.2, -0.15) is 9.38 Å². The maximum Gasteiger partial charge on any atom is 0.372 e. The van der Waals surface area contributed by atoms with Crippen molar-refractivity contribution in [2.45, 2.75) is 25.7 Å². The minimum atomic E-state index is -0.377. The highest BCUT2D eigenvalue weighted by Gasteiger charge is 2.24. The fourth-order valence-corrected chi connectivity index (χ4v) is 2.95. The number of rotatable bonds is 5. The molecule has 0 radical (unpaired) electrons. The molecule has 0 bridgehead atoms. The third-order valence-corrected chi connectivity index (χ3v) is 4.24. The van der Waals surface area contributed by atoms with Gasteiger partial charge in [-0.3, -0.25) is 0 Å². The second-order valence-corrected chi connectivity index (χ2v) is 5.48. The zero-order valence-corrected chi connectivity index (χ0v) is 10.7. The Morgan fingerprint density at radius 1 is 1.61 bits per heavy atom. The van der Waals surface area contributed by atoms with E-state index in [0.717, 1.165) is 18.9 Å². The number of thiazole rings is 1. The SMILES string of the molecule is O=[N+]([O-])c1c(NCCC2CCC2)nc2sccn12. The topological polar surface area (TPSA) is 72.5 Å². The number of nitrogens with one attached hydrogen (secondary N) is 1. The third-order valence-electron chi connectivity index (χ3n) is 3.48. The van der Waals surface area contributed by atoms with Gasteiger partial charge in [0.2, 0.25) is 5.82 Å². The number of nitrogens with zero attached hydrogens (tertiary/aromatic N) is 3. The van der Waals surface area contributed by atoms with E-state index in [-0.39, 0.29) is 10.7 Å². The second-order valence-electron chi connectivity index (χ2n) is 4.61. The Morgan fingerprint density at radius 2 is 2.44 bits per heavy atom. The van der Waals surface area contributed by atoms with Crippen LogP contribution in [0.3, 0.4) is 0 Å². The van der Waals surface area contributed by atoms with Crippen molar-refractivity contribution >= 4 is 27.9 Å². The number of fused-ring (bicyclic) bond motifs is 1. The molecule has 7 heteroatoms. The smallest absolute Gasteiger partial charge is 0.363 e. The first kappa shape index (κ1) is 11.5. The predicted octanol–water partition coefficient (Wildman–Crippen LogP) is 2.91. The molecule has 1 aliphatic carbocycles. The standard InChI is InChI=1S/C11H14N4O2S/c16-15(17)10-9(12-5-4-8-2-1-3-8)13-11-14(10)6-7-18-11/h6-8,12H,1-5H2. The van der Waals surface area contributed by atoms with Crippen LogP contribution in [-0.2, 0) is 0 Å². The van der Waals surface area contributed by atoms with Crippen molar-refractivity contribution in [1.82, 2.24) is 9.38 Å². The number of nitro groups is 1. The number of hydrogen-bond donors (Lipinski definition) is 1. The average molecular weight is 266 g/mol. The number of hydrogen-bond acceptors (Lipinski definition) is 5. The van der Waals surface area contributed by atoms with Crippen LogP contribution in [0.2, 0.25) is 0 Å². The van der Waals surface area contributed by atoms with Crippen LogP contribution in [0, 0.1) is 16.0 Å². The molecule has 6 nitrogen and oxygen atoms in total. The molecular weight excluding hydrogens is 252 g/mol. The maximum atomic E-state index is 11.1. The first-order valence-corrected chi connectivity index (χ1v) is 6.97. The summed E-state index contributed by atoms with van der Waals surface area (Å²) in [6.07, 6.45) is 6.67. The molecule has 1 saturated carbocycles. The van der Waals surface area contributed by atoms with Gasteiger partial charge >= 0.3 is 5.82 Å². The highest BCUT2D eigenvalue weighted by Crippen LogP contribution is 2.31. The first-order chi connectivity index (χ1) is 8.75. The molecule has 18 heavy (non-hydrogen) atoms. The van der Waals surface area contributed by atoms with E-state index in [2.05, 4.69) is 10.3 Å². The van der Waals surface area contributed by atoms with Crippen molar-refractivity contribution in [2.24, 2.45) is 5.92 Å². The molecule has 2 heterocycles. The van der Waals surface area contributed by atoms with Crippen LogP contribution in [0.15, 0.2) is 11.6 Å². The van der Waals surface area contributed by atoms with Gasteiger partial charge in [0.1, 0.15) is 6.20 Å². The van der Waals surface area contributed by atoms with Gasteiger partial charge < -0.3 is 15.4 Å². The Morgan fingerprint density at radius 3 is 3.11 bits per heavy atom. The lowest BCUT2D eigenvalue weighted by Gasteiger charge is -2.24. The van der Waals surface area contributed by atoms with Crippen molar-refractivity contribution in [3.63, 3.8) is 0 Å². The summed E-state index contributed by atoms with van der Waals surface area (Å²) in [6, 6.07) is 0. The van der Waals surface area contributed by atoms with Crippen molar-refractivity contribution in [2.75, 3.05) is 11.9 Å². The van der Waals surface area contributed by atoms with Crippen molar-refractivity contribution in [3.8, 4) is 0 Å². The molecular formula is C11H14N4O2S. The van der Waals surface area contributed by atoms with Gasteiger partial charge in [0.15, 0.2) is 0 Å². The highest BCUT2D eigenvalue weighted by atomic mass is 32.1. The summed E-state index contributed by atoms with van der Waals surface area (Å²) < 4.78 is 1.52. The predicted molar refractivity (Wildman–Crippen MR) is 70.2 cm³/mol. The molecule has 2 aromatic rings. The van der Waals surface area contributed by atoms with Crippen LogP contribution in [0.5, 0.6) is 0 Å².